The van der Waals surface area contributed by atoms with Gasteiger partial charge in [0.05, 0.1) is 49.1 Å². The van der Waals surface area contributed by atoms with Gasteiger partial charge in [-0.3, -0.25) is 43.8 Å². The molecule has 0 bridgehead atoms. The maximum Gasteiger partial charge on any atom is 0.264 e. The van der Waals surface area contributed by atoms with Gasteiger partial charge in [0.1, 0.15) is 11.8 Å². The Kier molecular flexibility index (Phi) is 13.5. The van der Waals surface area contributed by atoms with Crippen molar-refractivity contribution in [1.82, 2.24) is 35.3 Å². The lowest BCUT2D eigenvalue weighted by Gasteiger charge is -2.36. The van der Waals surface area contributed by atoms with Crippen LogP contribution in [0, 0.1) is 19.8 Å². The largest absolute Gasteiger partial charge is 0.496 e. The van der Waals surface area contributed by atoms with Crippen molar-refractivity contribution < 1.29 is 38.2 Å². The number of likely N-dealkylation sites (tertiary alicyclic amines) is 1. The topological polar surface area (TPSA) is 213 Å². The molecule has 5 heterocycles. The molecule has 2 aromatic heterocycles. The number of aromatic amines is 1. The number of pyridine rings is 1. The summed E-state index contributed by atoms with van der Waals surface area (Å²) in [5.41, 5.74) is 4.01. The van der Waals surface area contributed by atoms with Crippen molar-refractivity contribution in [2.45, 2.75) is 71.5 Å². The fourth-order valence-corrected chi connectivity index (χ4v) is 8.99. The zero-order chi connectivity index (χ0) is 44.1. The first-order valence-electron chi connectivity index (χ1n) is 21.2. The third-order valence-electron chi connectivity index (χ3n) is 12.2. The van der Waals surface area contributed by atoms with E-state index < -0.39 is 29.7 Å². The molecule has 0 radical (unpaired) electrons. The number of para-hydroxylation sites is 1. The molecule has 1 unspecified atom stereocenters. The first-order valence-corrected chi connectivity index (χ1v) is 21.2. The second-order valence-corrected chi connectivity index (χ2v) is 16.1. The average molecular weight is 851 g/mol. The van der Waals surface area contributed by atoms with Gasteiger partial charge in [0.25, 0.3) is 23.3 Å². The third-order valence-corrected chi connectivity index (χ3v) is 12.2. The van der Waals surface area contributed by atoms with E-state index in [9.17, 15) is 33.6 Å². The number of carbonyl (C=O) groups excluding carboxylic acids is 6. The van der Waals surface area contributed by atoms with Crippen LogP contribution in [0.1, 0.15) is 93.1 Å². The number of benzene rings is 2. The molecule has 3 aliphatic rings. The van der Waals surface area contributed by atoms with Crippen LogP contribution in [0.25, 0.3) is 10.9 Å². The van der Waals surface area contributed by atoms with Crippen LogP contribution in [-0.4, -0.2) is 114 Å². The summed E-state index contributed by atoms with van der Waals surface area (Å²) in [6.45, 7) is 9.80. The maximum absolute atomic E-state index is 13.7. The fraction of sp³-hybridized carbons (Fsp3) is 0.444. The number of H-pyrrole nitrogens is 1. The number of ether oxygens (including phenoxy) is 2. The molecule has 17 heteroatoms. The van der Waals surface area contributed by atoms with E-state index in [0.29, 0.717) is 47.3 Å². The Bertz CT molecular complexity index is 2450. The summed E-state index contributed by atoms with van der Waals surface area (Å²) < 4.78 is 13.4. The molecular formula is C45H54N8O9. The molecule has 0 saturated carbocycles. The van der Waals surface area contributed by atoms with E-state index in [0.717, 1.165) is 54.0 Å². The van der Waals surface area contributed by atoms with Gasteiger partial charge in [-0.25, -0.2) is 0 Å². The molecule has 5 N–H and O–H groups in total. The monoisotopic (exact) mass is 850 g/mol. The van der Waals surface area contributed by atoms with Crippen molar-refractivity contribution in [3.05, 3.63) is 92.5 Å². The van der Waals surface area contributed by atoms with E-state index in [1.807, 2.05) is 31.2 Å². The van der Waals surface area contributed by atoms with Gasteiger partial charge < -0.3 is 39.9 Å². The molecule has 3 aliphatic heterocycles. The van der Waals surface area contributed by atoms with Crippen LogP contribution in [0.2, 0.25) is 0 Å². The van der Waals surface area contributed by atoms with Crippen molar-refractivity contribution in [1.29, 1.82) is 0 Å². The molecule has 328 valence electrons. The number of nitrogens with zero attached hydrogens (tertiary/aromatic N) is 3. The van der Waals surface area contributed by atoms with Gasteiger partial charge in [0, 0.05) is 66.5 Å². The van der Waals surface area contributed by atoms with Crippen molar-refractivity contribution in [2.75, 3.05) is 58.4 Å². The number of hydrogen-bond acceptors (Lipinski definition) is 11. The van der Waals surface area contributed by atoms with Gasteiger partial charge in [-0.2, -0.15) is 0 Å². The minimum Gasteiger partial charge on any atom is -0.496 e. The second-order valence-electron chi connectivity index (χ2n) is 16.1. The Morgan fingerprint density at radius 2 is 1.69 bits per heavy atom. The molecule has 0 spiro atoms. The SMILES string of the molecule is COc1cc(C)[nH]c(=O)c1CNC(=O)c1c(C)n([C@@H](C)C2CCN(CCNC(=O)CCOCCNc3cccc4c3C(=O)N(C3CCC(=O)NC3=O)C4=O)CC2)c2ccccc12. The lowest BCUT2D eigenvalue weighted by Crippen LogP contribution is -2.54. The highest BCUT2D eigenvalue weighted by Gasteiger charge is 2.45. The van der Waals surface area contributed by atoms with Crippen molar-refractivity contribution >= 4 is 52.0 Å². The van der Waals surface area contributed by atoms with Crippen LogP contribution in [0.5, 0.6) is 5.75 Å². The van der Waals surface area contributed by atoms with Crippen molar-refractivity contribution in [2.24, 2.45) is 5.92 Å². The molecule has 2 atom stereocenters. The molecule has 7 rings (SSSR count). The van der Waals surface area contributed by atoms with Crippen LogP contribution in [0.4, 0.5) is 5.69 Å². The van der Waals surface area contributed by atoms with Gasteiger partial charge >= 0.3 is 0 Å². The van der Waals surface area contributed by atoms with Crippen LogP contribution >= 0.6 is 0 Å². The van der Waals surface area contributed by atoms with Crippen molar-refractivity contribution in [3.8, 4) is 5.75 Å². The summed E-state index contributed by atoms with van der Waals surface area (Å²) in [6.07, 6.45) is 2.25. The van der Waals surface area contributed by atoms with Gasteiger partial charge in [-0.1, -0.05) is 24.3 Å². The maximum atomic E-state index is 13.7. The van der Waals surface area contributed by atoms with Gasteiger partial charge in [0.2, 0.25) is 17.7 Å². The highest BCUT2D eigenvalue weighted by molar-refractivity contribution is 6.25. The van der Waals surface area contributed by atoms with Gasteiger partial charge in [-0.05, 0) is 83.3 Å². The van der Waals surface area contributed by atoms with Crippen molar-refractivity contribution in [3.63, 3.8) is 0 Å². The second kappa shape index (κ2) is 19.2. The summed E-state index contributed by atoms with van der Waals surface area (Å²) in [7, 11) is 1.50. The minimum atomic E-state index is -1.04. The van der Waals surface area contributed by atoms with Crippen LogP contribution in [0.3, 0.4) is 0 Å². The first kappa shape index (κ1) is 43.7. The Morgan fingerprint density at radius 1 is 0.919 bits per heavy atom. The number of nitrogens with one attached hydrogen (secondary N) is 5. The number of amides is 6. The molecule has 17 nitrogen and oxygen atoms in total. The van der Waals surface area contributed by atoms with E-state index in [-0.39, 0.29) is 73.6 Å². The number of aryl methyl sites for hydroxylation is 1. The number of fused-ring (bicyclic) bond motifs is 2. The lowest BCUT2D eigenvalue weighted by atomic mass is 9.90. The predicted molar refractivity (Wildman–Crippen MR) is 230 cm³/mol. The first-order chi connectivity index (χ1) is 29.9. The molecule has 2 aromatic carbocycles. The number of carbonyl (C=O) groups is 6. The number of methoxy groups -OCH3 is 1. The van der Waals surface area contributed by atoms with E-state index in [1.165, 1.54) is 13.2 Å². The molecule has 2 fully saturated rings. The fourth-order valence-electron chi connectivity index (χ4n) is 8.99. The molecule has 2 saturated heterocycles. The third kappa shape index (κ3) is 9.13. The predicted octanol–water partition coefficient (Wildman–Crippen LogP) is 3.19. The zero-order valence-corrected chi connectivity index (χ0v) is 35.6. The number of aromatic nitrogens is 2. The number of anilines is 1. The van der Waals surface area contributed by atoms with E-state index in [2.05, 4.69) is 42.6 Å². The molecular weight excluding hydrogens is 797 g/mol. The van der Waals surface area contributed by atoms with Gasteiger partial charge in [-0.15, -0.1) is 0 Å². The Balaban J connectivity index is 0.822. The Hall–Kier alpha value is -6.33. The average Bonchev–Trinajstić information content (AvgIpc) is 3.69. The summed E-state index contributed by atoms with van der Waals surface area (Å²) in [4.78, 5) is 95.4. The summed E-state index contributed by atoms with van der Waals surface area (Å²) in [5.74, 6) is -1.80. The highest BCUT2D eigenvalue weighted by atomic mass is 16.5. The summed E-state index contributed by atoms with van der Waals surface area (Å²) >= 11 is 0. The Morgan fingerprint density at radius 3 is 2.45 bits per heavy atom. The number of imide groups is 2. The van der Waals surface area contributed by atoms with E-state index in [1.54, 1.807) is 25.1 Å². The van der Waals surface area contributed by atoms with Gasteiger partial charge in [0.15, 0.2) is 0 Å². The van der Waals surface area contributed by atoms with Crippen LogP contribution < -0.4 is 31.6 Å². The smallest absolute Gasteiger partial charge is 0.264 e. The number of hydrogen-bond donors (Lipinski definition) is 5. The molecule has 6 amide bonds. The molecule has 62 heavy (non-hydrogen) atoms. The normalized spacial score (nSPS) is 17.5. The quantitative estimate of drug-likeness (QED) is 0.0769. The highest BCUT2D eigenvalue weighted by Crippen LogP contribution is 2.36. The number of piperidine rings is 2. The zero-order valence-electron chi connectivity index (χ0n) is 35.6. The van der Waals surface area contributed by atoms with Crippen LogP contribution in [0.15, 0.2) is 53.3 Å². The van der Waals surface area contributed by atoms with Crippen LogP contribution in [-0.2, 0) is 25.7 Å². The Labute approximate surface area is 358 Å². The minimum absolute atomic E-state index is 0.0296. The standard InChI is InChI=1S/C45H54N8O9/c1-26-24-36(61-4)32(41(56)49-26)25-48-43(58)39-28(3)52(34-11-6-5-8-30(34)39)27(2)29-14-19-51(20-15-29)21-17-47-37(54)16-22-62-23-18-46-33-10-7-9-31-40(33)45(60)53(44(31)59)35-12-13-38(55)50-42(35)57/h5-11,24,27,29,35,46H,12-23,25H2,1-4H3,(H,47,54)(H,48,58)(H,49,56)(H,50,55,57)/t27-,35?/m0/s1. The summed E-state index contributed by atoms with van der Waals surface area (Å²) in [5, 5.41) is 12.1. The van der Waals surface area contributed by atoms with E-state index in [4.69, 9.17) is 9.47 Å². The number of rotatable bonds is 17. The lowest BCUT2D eigenvalue weighted by molar-refractivity contribution is -0.136. The summed E-state index contributed by atoms with van der Waals surface area (Å²) in [6, 6.07) is 13.6. The molecule has 0 aliphatic carbocycles. The van der Waals surface area contributed by atoms with E-state index >= 15 is 0 Å². The molecule has 4 aromatic rings.